The fourth-order valence-electron chi connectivity index (χ4n) is 2.52. The summed E-state index contributed by atoms with van der Waals surface area (Å²) in [6.45, 7) is 0. The molecule has 3 rings (SSSR count). The summed E-state index contributed by atoms with van der Waals surface area (Å²) in [5.41, 5.74) is 2.64. The van der Waals surface area contributed by atoms with Gasteiger partial charge < -0.3 is 15.4 Å². The Kier molecular flexibility index (Phi) is 4.53. The highest BCUT2D eigenvalue weighted by Gasteiger charge is 2.12. The number of aliphatic carboxylic acids is 1. The molecule has 0 atom stereocenters. The van der Waals surface area contributed by atoms with Crippen LogP contribution in [-0.2, 0) is 11.2 Å². The van der Waals surface area contributed by atoms with Crippen molar-refractivity contribution in [2.45, 2.75) is 12.8 Å². The van der Waals surface area contributed by atoms with Crippen molar-refractivity contribution in [3.63, 3.8) is 0 Å². The van der Waals surface area contributed by atoms with Crippen molar-refractivity contribution < 1.29 is 14.7 Å². The summed E-state index contributed by atoms with van der Waals surface area (Å²) < 4.78 is 0. The zero-order valence-corrected chi connectivity index (χ0v) is 13.4. The van der Waals surface area contributed by atoms with Crippen LogP contribution in [0.25, 0.3) is 10.9 Å². The predicted molar refractivity (Wildman–Crippen MR) is 93.7 cm³/mol. The molecule has 1 amide bonds. The van der Waals surface area contributed by atoms with Gasteiger partial charge in [-0.2, -0.15) is 0 Å². The summed E-state index contributed by atoms with van der Waals surface area (Å²) in [6.07, 6.45) is 0.367. The van der Waals surface area contributed by atoms with Gasteiger partial charge in [0.05, 0.1) is 0 Å². The number of fused-ring (bicyclic) bond motifs is 1. The maximum atomic E-state index is 12.5. The van der Waals surface area contributed by atoms with Crippen molar-refractivity contribution in [2.24, 2.45) is 0 Å². The summed E-state index contributed by atoms with van der Waals surface area (Å²) in [7, 11) is 0. The summed E-state index contributed by atoms with van der Waals surface area (Å²) in [4.78, 5) is 26.3. The fraction of sp³-hybridized carbons (Fsp3) is 0.111. The van der Waals surface area contributed by atoms with Gasteiger partial charge in [-0.15, -0.1) is 0 Å². The molecule has 1 aromatic heterocycles. The Bertz CT molecular complexity index is 918. The molecule has 0 fully saturated rings. The van der Waals surface area contributed by atoms with Crippen molar-refractivity contribution in [1.29, 1.82) is 0 Å². The smallest absolute Gasteiger partial charge is 0.303 e. The van der Waals surface area contributed by atoms with Crippen LogP contribution < -0.4 is 5.32 Å². The lowest BCUT2D eigenvalue weighted by atomic mass is 10.1. The third kappa shape index (κ3) is 3.58. The summed E-state index contributed by atoms with van der Waals surface area (Å²) >= 11 is 5.96. The Morgan fingerprint density at radius 2 is 1.92 bits per heavy atom. The van der Waals surface area contributed by atoms with Gasteiger partial charge in [-0.1, -0.05) is 29.8 Å². The molecule has 6 heteroatoms. The van der Waals surface area contributed by atoms with Crippen LogP contribution in [-0.4, -0.2) is 22.0 Å². The molecule has 5 nitrogen and oxygen atoms in total. The van der Waals surface area contributed by atoms with Crippen LogP contribution in [0, 0.1) is 0 Å². The number of carboxylic acids is 1. The maximum Gasteiger partial charge on any atom is 0.303 e. The highest BCUT2D eigenvalue weighted by molar-refractivity contribution is 6.31. The van der Waals surface area contributed by atoms with Crippen molar-refractivity contribution in [2.75, 3.05) is 5.32 Å². The number of carboxylic acid groups (broad SMARTS) is 1. The van der Waals surface area contributed by atoms with E-state index in [1.54, 1.807) is 30.3 Å². The minimum atomic E-state index is -0.872. The van der Waals surface area contributed by atoms with Gasteiger partial charge in [0, 0.05) is 28.0 Å². The zero-order valence-electron chi connectivity index (χ0n) is 12.7. The molecule has 0 aliphatic carbocycles. The molecule has 1 heterocycles. The van der Waals surface area contributed by atoms with Gasteiger partial charge in [-0.25, -0.2) is 0 Å². The number of hydrogen-bond acceptors (Lipinski definition) is 2. The van der Waals surface area contributed by atoms with Crippen molar-refractivity contribution in [3.05, 3.63) is 64.8 Å². The second-order valence-corrected chi connectivity index (χ2v) is 5.86. The monoisotopic (exact) mass is 342 g/mol. The number of para-hydroxylation sites is 1. The van der Waals surface area contributed by atoms with E-state index >= 15 is 0 Å². The highest BCUT2D eigenvalue weighted by Crippen LogP contribution is 2.22. The van der Waals surface area contributed by atoms with Crippen LogP contribution in [0.15, 0.2) is 48.5 Å². The number of aryl methyl sites for hydroxylation is 1. The summed E-state index contributed by atoms with van der Waals surface area (Å²) in [6, 6.07) is 14.3. The van der Waals surface area contributed by atoms with E-state index in [2.05, 4.69) is 10.3 Å². The first-order valence-corrected chi connectivity index (χ1v) is 7.80. The molecule has 2 aromatic carbocycles. The van der Waals surface area contributed by atoms with Crippen molar-refractivity contribution >= 4 is 40.1 Å². The van der Waals surface area contributed by atoms with Crippen LogP contribution in [0.1, 0.15) is 22.5 Å². The lowest BCUT2D eigenvalue weighted by molar-refractivity contribution is -0.136. The SMILES string of the molecule is O=C(O)CCc1ccccc1NC(=O)c1cc2cc(Cl)ccc2[nH]1. The Labute approximate surface area is 143 Å². The molecule has 3 N–H and O–H groups in total. The van der Waals surface area contributed by atoms with E-state index in [9.17, 15) is 9.59 Å². The number of benzene rings is 2. The molecule has 0 aliphatic rings. The third-order valence-corrected chi connectivity index (χ3v) is 3.94. The Balaban J connectivity index is 1.82. The minimum Gasteiger partial charge on any atom is -0.481 e. The van der Waals surface area contributed by atoms with E-state index in [4.69, 9.17) is 16.7 Å². The molecule has 3 aromatic rings. The maximum absolute atomic E-state index is 12.5. The van der Waals surface area contributed by atoms with Crippen molar-refractivity contribution in [1.82, 2.24) is 4.98 Å². The van der Waals surface area contributed by atoms with Crippen LogP contribution in [0.5, 0.6) is 0 Å². The van der Waals surface area contributed by atoms with Gasteiger partial charge in [0.25, 0.3) is 5.91 Å². The van der Waals surface area contributed by atoms with Crippen LogP contribution in [0.4, 0.5) is 5.69 Å². The molecule has 122 valence electrons. The van der Waals surface area contributed by atoms with Crippen molar-refractivity contribution in [3.8, 4) is 0 Å². The standard InChI is InChI=1S/C18H15ClN2O3/c19-13-6-7-15-12(9-13)10-16(20-15)18(24)21-14-4-2-1-3-11(14)5-8-17(22)23/h1-4,6-7,9-10,20H,5,8H2,(H,21,24)(H,22,23). The van der Waals surface area contributed by atoms with Gasteiger partial charge in [0.15, 0.2) is 0 Å². The number of carbonyl (C=O) groups excluding carboxylic acids is 1. The largest absolute Gasteiger partial charge is 0.481 e. The number of hydrogen-bond donors (Lipinski definition) is 3. The summed E-state index contributed by atoms with van der Waals surface area (Å²) in [5, 5.41) is 13.1. The van der Waals surface area contributed by atoms with E-state index in [1.165, 1.54) is 0 Å². The van der Waals surface area contributed by atoms with E-state index in [-0.39, 0.29) is 12.3 Å². The number of aromatic amines is 1. The number of aromatic nitrogens is 1. The number of carbonyl (C=O) groups is 2. The van der Waals surface area contributed by atoms with E-state index in [1.807, 2.05) is 18.2 Å². The van der Waals surface area contributed by atoms with Gasteiger partial charge in [-0.05, 0) is 42.3 Å². The number of rotatable bonds is 5. The van der Waals surface area contributed by atoms with Crippen LogP contribution >= 0.6 is 11.6 Å². The second-order valence-electron chi connectivity index (χ2n) is 5.42. The van der Waals surface area contributed by atoms with Crippen LogP contribution in [0.3, 0.4) is 0 Å². The predicted octanol–water partition coefficient (Wildman–Crippen LogP) is 4.09. The molecular weight excluding hydrogens is 328 g/mol. The molecular formula is C18H15ClN2O3. The Morgan fingerprint density at radius 3 is 2.71 bits per heavy atom. The average molecular weight is 343 g/mol. The molecule has 24 heavy (non-hydrogen) atoms. The quantitative estimate of drug-likeness (QED) is 0.653. The molecule has 0 saturated heterocycles. The number of nitrogens with one attached hydrogen (secondary N) is 2. The average Bonchev–Trinajstić information content (AvgIpc) is 2.97. The Hall–Kier alpha value is -2.79. The van der Waals surface area contributed by atoms with Gasteiger partial charge >= 0.3 is 5.97 Å². The molecule has 0 saturated carbocycles. The second kappa shape index (κ2) is 6.76. The van der Waals surface area contributed by atoms with Crippen LogP contribution in [0.2, 0.25) is 5.02 Å². The third-order valence-electron chi connectivity index (χ3n) is 3.70. The highest BCUT2D eigenvalue weighted by atomic mass is 35.5. The molecule has 0 spiro atoms. The molecule has 0 aliphatic heterocycles. The van der Waals surface area contributed by atoms with Gasteiger partial charge in [0.1, 0.15) is 5.69 Å². The number of halogens is 1. The van der Waals surface area contributed by atoms with Gasteiger partial charge in [-0.3, -0.25) is 9.59 Å². The number of amides is 1. The van der Waals surface area contributed by atoms with E-state index in [0.717, 1.165) is 16.5 Å². The van der Waals surface area contributed by atoms with E-state index < -0.39 is 5.97 Å². The molecule has 0 bridgehead atoms. The summed E-state index contributed by atoms with van der Waals surface area (Å²) in [5.74, 6) is -1.16. The zero-order chi connectivity index (χ0) is 17.1. The lowest BCUT2D eigenvalue weighted by Gasteiger charge is -2.09. The van der Waals surface area contributed by atoms with Gasteiger partial charge in [0.2, 0.25) is 0 Å². The first-order chi connectivity index (χ1) is 11.5. The number of anilines is 1. The van der Waals surface area contributed by atoms with E-state index in [0.29, 0.717) is 22.8 Å². The lowest BCUT2D eigenvalue weighted by Crippen LogP contribution is -2.14. The molecule has 0 radical (unpaired) electrons. The normalized spacial score (nSPS) is 10.7. The Morgan fingerprint density at radius 1 is 1.12 bits per heavy atom. The number of H-pyrrole nitrogens is 1. The minimum absolute atomic E-state index is 0.0117. The first kappa shape index (κ1) is 16.1. The topological polar surface area (TPSA) is 82.2 Å². The fourth-order valence-corrected chi connectivity index (χ4v) is 2.70. The first-order valence-electron chi connectivity index (χ1n) is 7.42. The molecule has 0 unspecified atom stereocenters.